The third-order valence-electron chi connectivity index (χ3n) is 4.19. The molecule has 2 heterocycles. The van der Waals surface area contributed by atoms with Crippen LogP contribution in [-0.2, 0) is 0 Å². The molecule has 0 N–H and O–H groups in total. The van der Waals surface area contributed by atoms with E-state index < -0.39 is 4.92 Å². The first-order valence-electron chi connectivity index (χ1n) is 8.26. The summed E-state index contributed by atoms with van der Waals surface area (Å²) in [6.07, 6.45) is 0.425. The number of benzene rings is 1. The molecule has 27 heavy (non-hydrogen) atoms. The smallest absolute Gasteiger partial charge is 0.288 e. The van der Waals surface area contributed by atoms with Gasteiger partial charge in [0.2, 0.25) is 5.88 Å². The summed E-state index contributed by atoms with van der Waals surface area (Å²) in [5.74, 6) is 0.812. The predicted molar refractivity (Wildman–Crippen MR) is 99.4 cm³/mol. The third-order valence-corrected chi connectivity index (χ3v) is 4.51. The Morgan fingerprint density at radius 1 is 1.33 bits per heavy atom. The van der Waals surface area contributed by atoms with E-state index in [2.05, 4.69) is 10.2 Å². The number of aromatic nitrogens is 2. The van der Waals surface area contributed by atoms with Crippen molar-refractivity contribution in [3.63, 3.8) is 0 Å². The zero-order valence-corrected chi connectivity index (χ0v) is 15.6. The average Bonchev–Trinajstić information content (AvgIpc) is 3.10. The highest BCUT2D eigenvalue weighted by molar-refractivity contribution is 6.32. The van der Waals surface area contributed by atoms with Crippen molar-refractivity contribution >= 4 is 29.0 Å². The standard InChI is InChI=1S/C17H18ClN5O4/c1-21(2)15-5-6-16(20-19-15)27-12-7-8-22(10-12)17(24)11-3-4-13(18)14(9-11)23(25)26/h3-6,9,12H,7-8,10H2,1-2H3. The molecule has 2 aromatic rings. The maximum atomic E-state index is 12.6. The zero-order valence-electron chi connectivity index (χ0n) is 14.8. The Bertz CT molecular complexity index is 859. The summed E-state index contributed by atoms with van der Waals surface area (Å²) in [5, 5.41) is 19.1. The van der Waals surface area contributed by atoms with Crippen molar-refractivity contribution in [3.8, 4) is 5.88 Å². The highest BCUT2D eigenvalue weighted by Gasteiger charge is 2.29. The van der Waals surface area contributed by atoms with Gasteiger partial charge in [0.15, 0.2) is 5.82 Å². The van der Waals surface area contributed by atoms with E-state index in [1.807, 2.05) is 19.0 Å². The Kier molecular flexibility index (Phi) is 5.41. The molecule has 0 saturated carbocycles. The molecule has 1 aliphatic heterocycles. The molecule has 1 saturated heterocycles. The van der Waals surface area contributed by atoms with Gasteiger partial charge < -0.3 is 14.5 Å². The number of anilines is 1. The highest BCUT2D eigenvalue weighted by Crippen LogP contribution is 2.26. The fourth-order valence-electron chi connectivity index (χ4n) is 2.76. The summed E-state index contributed by atoms with van der Waals surface area (Å²) < 4.78 is 5.79. The first kappa shape index (κ1) is 18.8. The van der Waals surface area contributed by atoms with Crippen molar-refractivity contribution in [2.75, 3.05) is 32.1 Å². The van der Waals surface area contributed by atoms with E-state index in [-0.39, 0.29) is 28.3 Å². The number of ether oxygens (including phenoxy) is 1. The van der Waals surface area contributed by atoms with Crippen LogP contribution in [0.1, 0.15) is 16.8 Å². The minimum Gasteiger partial charge on any atom is -0.471 e. The van der Waals surface area contributed by atoms with Crippen LogP contribution in [0, 0.1) is 10.1 Å². The first-order chi connectivity index (χ1) is 12.8. The Morgan fingerprint density at radius 3 is 2.74 bits per heavy atom. The van der Waals surface area contributed by atoms with E-state index in [0.29, 0.717) is 25.4 Å². The van der Waals surface area contributed by atoms with Crippen LogP contribution in [0.3, 0.4) is 0 Å². The predicted octanol–water partition coefficient (Wildman–Crippen LogP) is 2.40. The topological polar surface area (TPSA) is 102 Å². The van der Waals surface area contributed by atoms with Crippen LogP contribution in [0.2, 0.25) is 5.02 Å². The van der Waals surface area contributed by atoms with E-state index in [0.717, 1.165) is 5.82 Å². The maximum Gasteiger partial charge on any atom is 0.288 e. The number of amides is 1. The molecule has 0 spiro atoms. The Labute approximate surface area is 160 Å². The number of rotatable bonds is 5. The average molecular weight is 392 g/mol. The van der Waals surface area contributed by atoms with Crippen LogP contribution in [-0.4, -0.2) is 59.2 Å². The van der Waals surface area contributed by atoms with Gasteiger partial charge in [-0.15, -0.1) is 10.2 Å². The Hall–Kier alpha value is -2.94. The molecule has 0 bridgehead atoms. The van der Waals surface area contributed by atoms with Crippen LogP contribution in [0.15, 0.2) is 30.3 Å². The normalized spacial score (nSPS) is 16.3. The summed E-state index contributed by atoms with van der Waals surface area (Å²) in [5.41, 5.74) is -0.0624. The molecule has 0 radical (unpaired) electrons. The summed E-state index contributed by atoms with van der Waals surface area (Å²) >= 11 is 5.80. The van der Waals surface area contributed by atoms with Crippen LogP contribution in [0.25, 0.3) is 0 Å². The van der Waals surface area contributed by atoms with Crippen molar-refractivity contribution in [1.82, 2.24) is 15.1 Å². The van der Waals surface area contributed by atoms with E-state index >= 15 is 0 Å². The molecule has 1 amide bonds. The summed E-state index contributed by atoms with van der Waals surface area (Å²) in [6, 6.07) is 7.57. The monoisotopic (exact) mass is 391 g/mol. The van der Waals surface area contributed by atoms with E-state index in [9.17, 15) is 14.9 Å². The lowest BCUT2D eigenvalue weighted by Crippen LogP contribution is -2.31. The Morgan fingerprint density at radius 2 is 2.11 bits per heavy atom. The van der Waals surface area contributed by atoms with Crippen LogP contribution in [0.5, 0.6) is 5.88 Å². The molecule has 1 aliphatic rings. The lowest BCUT2D eigenvalue weighted by molar-refractivity contribution is -0.384. The van der Waals surface area contributed by atoms with Crippen LogP contribution in [0.4, 0.5) is 11.5 Å². The second kappa shape index (κ2) is 7.75. The molecule has 142 valence electrons. The van der Waals surface area contributed by atoms with Gasteiger partial charge >= 0.3 is 0 Å². The van der Waals surface area contributed by atoms with Gasteiger partial charge in [-0.3, -0.25) is 14.9 Å². The molecule has 1 aromatic heterocycles. The fraction of sp³-hybridized carbons (Fsp3) is 0.353. The van der Waals surface area contributed by atoms with Gasteiger partial charge in [-0.25, -0.2) is 0 Å². The number of likely N-dealkylation sites (tertiary alicyclic amines) is 1. The van der Waals surface area contributed by atoms with Crippen molar-refractivity contribution in [1.29, 1.82) is 0 Å². The molecule has 1 atom stereocenters. The Balaban J connectivity index is 1.64. The number of nitrogens with zero attached hydrogens (tertiary/aromatic N) is 5. The minimum atomic E-state index is -0.606. The molecule has 3 rings (SSSR count). The minimum absolute atomic E-state index is 0.000993. The number of nitro groups is 1. The number of carbonyl (C=O) groups excluding carboxylic acids is 1. The lowest BCUT2D eigenvalue weighted by Gasteiger charge is -2.17. The van der Waals surface area contributed by atoms with Gasteiger partial charge in [0.1, 0.15) is 11.1 Å². The number of halogens is 1. The molecule has 1 unspecified atom stereocenters. The van der Waals surface area contributed by atoms with Gasteiger partial charge in [-0.05, 0) is 18.2 Å². The third kappa shape index (κ3) is 4.25. The summed E-state index contributed by atoms with van der Waals surface area (Å²) in [6.45, 7) is 0.857. The highest BCUT2D eigenvalue weighted by atomic mass is 35.5. The maximum absolute atomic E-state index is 12.6. The second-order valence-electron chi connectivity index (χ2n) is 6.33. The molecule has 1 fully saturated rings. The second-order valence-corrected chi connectivity index (χ2v) is 6.73. The molecule has 10 heteroatoms. The SMILES string of the molecule is CN(C)c1ccc(OC2CCN(C(=O)c3ccc(Cl)c([N+](=O)[O-])c3)C2)nn1. The van der Waals surface area contributed by atoms with Gasteiger partial charge in [-0.2, -0.15) is 0 Å². The summed E-state index contributed by atoms with van der Waals surface area (Å²) in [7, 11) is 3.73. The van der Waals surface area contributed by atoms with Crippen molar-refractivity contribution in [3.05, 3.63) is 51.0 Å². The number of nitro benzene ring substituents is 1. The van der Waals surface area contributed by atoms with E-state index in [1.165, 1.54) is 18.2 Å². The fourth-order valence-corrected chi connectivity index (χ4v) is 2.95. The van der Waals surface area contributed by atoms with Crippen molar-refractivity contribution in [2.24, 2.45) is 0 Å². The van der Waals surface area contributed by atoms with Crippen LogP contribution < -0.4 is 9.64 Å². The van der Waals surface area contributed by atoms with Crippen molar-refractivity contribution < 1.29 is 14.5 Å². The number of carbonyl (C=O) groups is 1. The van der Waals surface area contributed by atoms with Gasteiger partial charge in [0.25, 0.3) is 11.6 Å². The van der Waals surface area contributed by atoms with E-state index in [4.69, 9.17) is 16.3 Å². The first-order valence-corrected chi connectivity index (χ1v) is 8.64. The molecular weight excluding hydrogens is 374 g/mol. The quantitative estimate of drug-likeness (QED) is 0.569. The van der Waals surface area contributed by atoms with E-state index in [1.54, 1.807) is 17.0 Å². The van der Waals surface area contributed by atoms with Gasteiger partial charge in [-0.1, -0.05) is 11.6 Å². The summed E-state index contributed by atoms with van der Waals surface area (Å²) in [4.78, 5) is 26.4. The largest absolute Gasteiger partial charge is 0.471 e. The number of hydrogen-bond donors (Lipinski definition) is 0. The van der Waals surface area contributed by atoms with Gasteiger partial charge in [0.05, 0.1) is 11.5 Å². The molecule has 9 nitrogen and oxygen atoms in total. The zero-order chi connectivity index (χ0) is 19.6. The molecule has 0 aliphatic carbocycles. The lowest BCUT2D eigenvalue weighted by atomic mass is 10.2. The van der Waals surface area contributed by atoms with Gasteiger partial charge in [0, 0.05) is 44.8 Å². The van der Waals surface area contributed by atoms with Crippen LogP contribution >= 0.6 is 11.6 Å². The van der Waals surface area contributed by atoms with Crippen molar-refractivity contribution in [2.45, 2.75) is 12.5 Å². The molecule has 1 aromatic carbocycles. The molecular formula is C17H18ClN5O4. The number of hydrogen-bond acceptors (Lipinski definition) is 7.